The minimum absolute atomic E-state index is 0.253. The van der Waals surface area contributed by atoms with Gasteiger partial charge in [-0.2, -0.15) is 0 Å². The predicted octanol–water partition coefficient (Wildman–Crippen LogP) is 3.87. The molecule has 5 heteroatoms. The number of aryl methyl sites for hydroxylation is 1. The molecule has 3 N–H and O–H groups in total. The van der Waals surface area contributed by atoms with Gasteiger partial charge >= 0.3 is 0 Å². The second-order valence-corrected chi connectivity index (χ2v) is 6.44. The number of anilines is 1. The fourth-order valence-electron chi connectivity index (χ4n) is 2.47. The molecule has 0 atom stereocenters. The van der Waals surface area contributed by atoms with Crippen LogP contribution in [0.3, 0.4) is 0 Å². The van der Waals surface area contributed by atoms with E-state index in [1.54, 1.807) is 20.0 Å². The number of aliphatic hydroxyl groups is 1. The van der Waals surface area contributed by atoms with Crippen molar-refractivity contribution in [1.29, 1.82) is 0 Å². The summed E-state index contributed by atoms with van der Waals surface area (Å²) in [5, 5.41) is 10.0. The van der Waals surface area contributed by atoms with Gasteiger partial charge in [-0.05, 0) is 51.6 Å². The molecule has 0 bridgehead atoms. The van der Waals surface area contributed by atoms with Gasteiger partial charge in [0.05, 0.1) is 17.1 Å². The quantitative estimate of drug-likeness (QED) is 0.656. The van der Waals surface area contributed by atoms with Crippen LogP contribution < -0.4 is 5.73 Å². The Balaban J connectivity index is 2.50. The molecule has 0 aliphatic carbocycles. The summed E-state index contributed by atoms with van der Waals surface area (Å²) in [7, 11) is 0. The number of nitrogens with zero attached hydrogens (tertiary/aromatic N) is 3. The lowest BCUT2D eigenvalue weighted by Crippen LogP contribution is -2.29. The fraction of sp³-hybridized carbons (Fsp3) is 0.250. The van der Waals surface area contributed by atoms with E-state index in [1.807, 2.05) is 50.2 Å². The zero-order chi connectivity index (χ0) is 18.6. The third-order valence-corrected chi connectivity index (χ3v) is 3.74. The lowest BCUT2D eigenvalue weighted by Gasteiger charge is -2.15. The standard InChI is InChI=1S/C20H24N4O/c1-13-11-16(21)18(15-9-7-6-8-10-15)24-17(13)14(2)12-23-19(22-5)20(3,4)25/h6-12,25H,5,21H2,1-4H3/b14-12+,23-19?. The van der Waals surface area contributed by atoms with Crippen molar-refractivity contribution in [3.63, 3.8) is 0 Å². The SMILES string of the molecule is C=NC(=N/C=C(\C)c1nc(-c2ccccc2)c(N)cc1C)C(C)(C)O. The number of nitrogens with two attached hydrogens (primary N) is 1. The third-order valence-electron chi connectivity index (χ3n) is 3.74. The summed E-state index contributed by atoms with van der Waals surface area (Å²) in [6.45, 7) is 10.6. The molecule has 0 amide bonds. The molecule has 0 radical (unpaired) electrons. The molecule has 1 heterocycles. The van der Waals surface area contributed by atoms with E-state index in [2.05, 4.69) is 16.7 Å². The van der Waals surface area contributed by atoms with E-state index in [0.29, 0.717) is 5.69 Å². The average molecular weight is 336 g/mol. The van der Waals surface area contributed by atoms with E-state index in [0.717, 1.165) is 28.1 Å². The van der Waals surface area contributed by atoms with Gasteiger partial charge in [0.1, 0.15) is 5.60 Å². The summed E-state index contributed by atoms with van der Waals surface area (Å²) in [5.74, 6) is 0.253. The van der Waals surface area contributed by atoms with Crippen LogP contribution in [0.2, 0.25) is 0 Å². The van der Waals surface area contributed by atoms with Gasteiger partial charge in [0, 0.05) is 11.8 Å². The Hall–Kier alpha value is -2.79. The molecule has 0 saturated heterocycles. The van der Waals surface area contributed by atoms with Gasteiger partial charge in [0.25, 0.3) is 0 Å². The highest BCUT2D eigenvalue weighted by atomic mass is 16.3. The van der Waals surface area contributed by atoms with Gasteiger partial charge in [-0.15, -0.1) is 0 Å². The Bertz CT molecular complexity index is 831. The third kappa shape index (κ3) is 4.39. The maximum Gasteiger partial charge on any atom is 0.158 e. The molecular formula is C20H24N4O. The largest absolute Gasteiger partial charge is 0.397 e. The van der Waals surface area contributed by atoms with Gasteiger partial charge in [-0.3, -0.25) is 0 Å². The van der Waals surface area contributed by atoms with Crippen LogP contribution in [0.25, 0.3) is 16.8 Å². The zero-order valence-electron chi connectivity index (χ0n) is 15.1. The van der Waals surface area contributed by atoms with Gasteiger partial charge in [-0.1, -0.05) is 30.3 Å². The highest BCUT2D eigenvalue weighted by molar-refractivity contribution is 5.93. The van der Waals surface area contributed by atoms with Crippen molar-refractivity contribution >= 4 is 23.8 Å². The number of aromatic nitrogens is 1. The lowest BCUT2D eigenvalue weighted by molar-refractivity contribution is 0.153. The van der Waals surface area contributed by atoms with E-state index < -0.39 is 5.60 Å². The number of nitrogen functional groups attached to an aromatic ring is 1. The first kappa shape index (κ1) is 18.5. The van der Waals surface area contributed by atoms with Crippen molar-refractivity contribution in [2.75, 3.05) is 5.73 Å². The second kappa shape index (κ2) is 7.40. The van der Waals surface area contributed by atoms with Gasteiger partial charge in [0.15, 0.2) is 5.84 Å². The summed E-state index contributed by atoms with van der Waals surface area (Å²) in [5.41, 5.74) is 9.94. The van der Waals surface area contributed by atoms with E-state index in [1.165, 1.54) is 0 Å². The van der Waals surface area contributed by atoms with Crippen LogP contribution in [0.1, 0.15) is 32.0 Å². The molecule has 2 aromatic rings. The Morgan fingerprint density at radius 1 is 1.28 bits per heavy atom. The maximum atomic E-state index is 10.0. The highest BCUT2D eigenvalue weighted by Gasteiger charge is 2.19. The second-order valence-electron chi connectivity index (χ2n) is 6.44. The first-order valence-electron chi connectivity index (χ1n) is 8.01. The van der Waals surface area contributed by atoms with Crippen molar-refractivity contribution in [2.45, 2.75) is 33.3 Å². The molecule has 0 spiro atoms. The Morgan fingerprint density at radius 3 is 2.48 bits per heavy atom. The minimum Gasteiger partial charge on any atom is -0.397 e. The van der Waals surface area contributed by atoms with Crippen LogP contribution in [0.4, 0.5) is 5.69 Å². The zero-order valence-corrected chi connectivity index (χ0v) is 15.1. The number of benzene rings is 1. The lowest BCUT2D eigenvalue weighted by atomic mass is 10.0. The van der Waals surface area contributed by atoms with Gasteiger partial charge < -0.3 is 10.8 Å². The average Bonchev–Trinajstić information content (AvgIpc) is 2.55. The summed E-state index contributed by atoms with van der Waals surface area (Å²) in [6.07, 6.45) is 1.64. The van der Waals surface area contributed by atoms with Crippen LogP contribution in [0, 0.1) is 6.92 Å². The summed E-state index contributed by atoms with van der Waals surface area (Å²) < 4.78 is 0. The van der Waals surface area contributed by atoms with Crippen LogP contribution in [0.5, 0.6) is 0 Å². The number of amidine groups is 1. The molecule has 0 aliphatic heterocycles. The molecule has 5 nitrogen and oxygen atoms in total. The van der Waals surface area contributed by atoms with Crippen molar-refractivity contribution < 1.29 is 5.11 Å². The van der Waals surface area contributed by atoms with Crippen molar-refractivity contribution in [3.8, 4) is 11.3 Å². The summed E-state index contributed by atoms with van der Waals surface area (Å²) in [6, 6.07) is 11.7. The summed E-state index contributed by atoms with van der Waals surface area (Å²) in [4.78, 5) is 12.8. The first-order valence-corrected chi connectivity index (χ1v) is 8.01. The van der Waals surface area contributed by atoms with Gasteiger partial charge in [0.2, 0.25) is 0 Å². The van der Waals surface area contributed by atoms with Crippen molar-refractivity contribution in [1.82, 2.24) is 4.98 Å². The van der Waals surface area contributed by atoms with E-state index in [-0.39, 0.29) is 5.84 Å². The maximum absolute atomic E-state index is 10.0. The number of hydrogen-bond acceptors (Lipinski definition) is 4. The first-order chi connectivity index (χ1) is 11.7. The molecule has 1 aromatic carbocycles. The molecule has 2 rings (SSSR count). The number of rotatable bonds is 4. The summed E-state index contributed by atoms with van der Waals surface area (Å²) >= 11 is 0. The fourth-order valence-corrected chi connectivity index (χ4v) is 2.47. The van der Waals surface area contributed by atoms with E-state index in [4.69, 9.17) is 10.7 Å². The molecule has 0 saturated carbocycles. The molecular weight excluding hydrogens is 312 g/mol. The van der Waals surface area contributed by atoms with Gasteiger partial charge in [-0.25, -0.2) is 15.0 Å². The number of aliphatic imine (C=N–C) groups is 2. The van der Waals surface area contributed by atoms with Crippen LogP contribution in [-0.4, -0.2) is 28.2 Å². The normalized spacial score (nSPS) is 13.0. The Morgan fingerprint density at radius 2 is 1.92 bits per heavy atom. The molecule has 25 heavy (non-hydrogen) atoms. The monoisotopic (exact) mass is 336 g/mol. The number of hydrogen-bond donors (Lipinski definition) is 2. The highest BCUT2D eigenvalue weighted by Crippen LogP contribution is 2.28. The Kier molecular flexibility index (Phi) is 5.49. The van der Waals surface area contributed by atoms with E-state index in [9.17, 15) is 5.11 Å². The number of allylic oxidation sites excluding steroid dienone is 1. The predicted molar refractivity (Wildman–Crippen MR) is 106 cm³/mol. The molecule has 0 fully saturated rings. The van der Waals surface area contributed by atoms with Crippen molar-refractivity contribution in [3.05, 3.63) is 53.9 Å². The number of pyridine rings is 1. The van der Waals surface area contributed by atoms with Crippen molar-refractivity contribution in [2.24, 2.45) is 9.98 Å². The molecule has 130 valence electrons. The molecule has 0 unspecified atom stereocenters. The van der Waals surface area contributed by atoms with E-state index >= 15 is 0 Å². The van der Waals surface area contributed by atoms with Crippen LogP contribution in [0.15, 0.2) is 52.6 Å². The minimum atomic E-state index is -1.16. The van der Waals surface area contributed by atoms with Crippen LogP contribution in [-0.2, 0) is 0 Å². The smallest absolute Gasteiger partial charge is 0.158 e. The Labute approximate surface area is 148 Å². The molecule has 0 aliphatic rings. The van der Waals surface area contributed by atoms with Crippen LogP contribution >= 0.6 is 0 Å². The molecule has 1 aromatic heterocycles. The topological polar surface area (TPSA) is 83.9 Å².